The molecule has 3 aromatic rings. The average molecular weight is 413 g/mol. The Labute approximate surface area is 176 Å². The Morgan fingerprint density at radius 3 is 2.52 bits per heavy atom. The van der Waals surface area contributed by atoms with Crippen molar-refractivity contribution in [3.8, 4) is 22.7 Å². The number of nitrogens with zero attached hydrogens (tertiary/aromatic N) is 3. The SMILES string of the molecule is COc1ccc(-c2cc(C(=O)N3CCC(CN)C3)nn2-c2ccccc2)cc1.Cl. The topological polar surface area (TPSA) is 73.4 Å². The second-order valence-corrected chi connectivity index (χ2v) is 7.03. The molecule has 1 saturated heterocycles. The Balaban J connectivity index is 0.00000240. The molecular weight excluding hydrogens is 388 g/mol. The summed E-state index contributed by atoms with van der Waals surface area (Å²) in [5.41, 5.74) is 8.97. The summed E-state index contributed by atoms with van der Waals surface area (Å²) >= 11 is 0. The Bertz CT molecular complexity index is 957. The standard InChI is InChI=1S/C22H24N4O2.ClH/c1-28-19-9-7-17(8-10-19)21-13-20(22(27)25-12-11-16(14-23)15-25)24-26(21)18-5-3-2-4-6-18;/h2-10,13,16H,11-12,14-15,23H2,1H3;1H. The van der Waals surface area contributed by atoms with Crippen LogP contribution in [-0.4, -0.2) is 47.3 Å². The molecular formula is C22H25ClN4O2. The molecule has 1 aliphatic heterocycles. The van der Waals surface area contributed by atoms with Gasteiger partial charge in [0.1, 0.15) is 5.75 Å². The number of nitrogens with two attached hydrogens (primary N) is 1. The van der Waals surface area contributed by atoms with Crippen molar-refractivity contribution in [2.45, 2.75) is 6.42 Å². The highest BCUT2D eigenvalue weighted by Gasteiger charge is 2.28. The van der Waals surface area contributed by atoms with Gasteiger partial charge < -0.3 is 15.4 Å². The number of methoxy groups -OCH3 is 1. The summed E-state index contributed by atoms with van der Waals surface area (Å²) in [5, 5.41) is 4.66. The summed E-state index contributed by atoms with van der Waals surface area (Å²) in [6.45, 7) is 2.04. The maximum Gasteiger partial charge on any atom is 0.274 e. The van der Waals surface area contributed by atoms with Gasteiger partial charge in [-0.1, -0.05) is 18.2 Å². The van der Waals surface area contributed by atoms with Gasteiger partial charge in [0.05, 0.1) is 18.5 Å². The molecule has 0 aliphatic carbocycles. The summed E-state index contributed by atoms with van der Waals surface area (Å²) in [5.74, 6) is 1.12. The van der Waals surface area contributed by atoms with E-state index in [0.717, 1.165) is 35.7 Å². The zero-order valence-electron chi connectivity index (χ0n) is 16.3. The minimum Gasteiger partial charge on any atom is -0.497 e. The molecule has 1 aromatic heterocycles. The van der Waals surface area contributed by atoms with Gasteiger partial charge in [0.15, 0.2) is 5.69 Å². The highest BCUT2D eigenvalue weighted by molar-refractivity contribution is 5.94. The molecule has 1 atom stereocenters. The van der Waals surface area contributed by atoms with Crippen LogP contribution in [0.15, 0.2) is 60.7 Å². The van der Waals surface area contributed by atoms with Crippen LogP contribution in [0.25, 0.3) is 16.9 Å². The molecule has 2 N–H and O–H groups in total. The van der Waals surface area contributed by atoms with Crippen LogP contribution >= 0.6 is 12.4 Å². The van der Waals surface area contributed by atoms with E-state index in [0.29, 0.717) is 24.7 Å². The van der Waals surface area contributed by atoms with Crippen LogP contribution in [0.1, 0.15) is 16.9 Å². The first-order valence-electron chi connectivity index (χ1n) is 9.49. The minimum absolute atomic E-state index is 0. The van der Waals surface area contributed by atoms with E-state index >= 15 is 0 Å². The highest BCUT2D eigenvalue weighted by atomic mass is 35.5. The fourth-order valence-corrected chi connectivity index (χ4v) is 3.59. The van der Waals surface area contributed by atoms with E-state index < -0.39 is 0 Å². The average Bonchev–Trinajstić information content (AvgIpc) is 3.41. The number of hydrogen-bond acceptors (Lipinski definition) is 4. The Kier molecular flexibility index (Phi) is 6.56. The third-order valence-electron chi connectivity index (χ3n) is 5.22. The van der Waals surface area contributed by atoms with E-state index in [1.54, 1.807) is 7.11 Å². The maximum atomic E-state index is 13.0. The Morgan fingerprint density at radius 1 is 1.17 bits per heavy atom. The number of para-hydroxylation sites is 1. The summed E-state index contributed by atoms with van der Waals surface area (Å²) in [4.78, 5) is 14.9. The molecule has 7 heteroatoms. The van der Waals surface area contributed by atoms with Crippen molar-refractivity contribution >= 4 is 18.3 Å². The van der Waals surface area contributed by atoms with Crippen LogP contribution in [0.4, 0.5) is 0 Å². The lowest BCUT2D eigenvalue weighted by molar-refractivity contribution is 0.0781. The van der Waals surface area contributed by atoms with Crippen LogP contribution in [-0.2, 0) is 0 Å². The first-order valence-corrected chi connectivity index (χ1v) is 9.49. The number of rotatable bonds is 5. The molecule has 29 heavy (non-hydrogen) atoms. The van der Waals surface area contributed by atoms with Gasteiger partial charge in [-0.3, -0.25) is 4.79 Å². The van der Waals surface area contributed by atoms with Crippen molar-refractivity contribution in [3.63, 3.8) is 0 Å². The van der Waals surface area contributed by atoms with Crippen LogP contribution in [0.5, 0.6) is 5.75 Å². The molecule has 6 nitrogen and oxygen atoms in total. The fraction of sp³-hybridized carbons (Fsp3) is 0.273. The number of amides is 1. The van der Waals surface area contributed by atoms with Crippen molar-refractivity contribution in [2.24, 2.45) is 11.7 Å². The Hall–Kier alpha value is -2.83. The summed E-state index contributed by atoms with van der Waals surface area (Å²) in [7, 11) is 1.64. The lowest BCUT2D eigenvalue weighted by Crippen LogP contribution is -2.30. The lowest BCUT2D eigenvalue weighted by Gasteiger charge is -2.14. The van der Waals surface area contributed by atoms with E-state index in [4.69, 9.17) is 10.5 Å². The molecule has 4 rings (SSSR count). The molecule has 2 heterocycles. The van der Waals surface area contributed by atoms with Crippen molar-refractivity contribution in [1.29, 1.82) is 0 Å². The van der Waals surface area contributed by atoms with E-state index in [1.807, 2.05) is 70.2 Å². The number of ether oxygens (including phenoxy) is 1. The second-order valence-electron chi connectivity index (χ2n) is 7.03. The van der Waals surface area contributed by atoms with E-state index in [1.165, 1.54) is 0 Å². The van der Waals surface area contributed by atoms with Gasteiger partial charge in [0.25, 0.3) is 5.91 Å². The highest BCUT2D eigenvalue weighted by Crippen LogP contribution is 2.27. The molecule has 1 aliphatic rings. The zero-order chi connectivity index (χ0) is 19.5. The molecule has 0 radical (unpaired) electrons. The van der Waals surface area contributed by atoms with Gasteiger partial charge in [0, 0.05) is 18.7 Å². The van der Waals surface area contributed by atoms with Gasteiger partial charge >= 0.3 is 0 Å². The number of benzene rings is 2. The summed E-state index contributed by atoms with van der Waals surface area (Å²) in [6, 6.07) is 19.5. The van der Waals surface area contributed by atoms with Crippen LogP contribution < -0.4 is 10.5 Å². The van der Waals surface area contributed by atoms with Crippen LogP contribution in [0, 0.1) is 5.92 Å². The molecule has 152 valence electrons. The van der Waals surface area contributed by atoms with Crippen LogP contribution in [0.3, 0.4) is 0 Å². The predicted octanol–water partition coefficient (Wildman–Crippen LogP) is 3.39. The van der Waals surface area contributed by atoms with Gasteiger partial charge in [-0.15, -0.1) is 12.4 Å². The first kappa shape index (κ1) is 20.9. The molecule has 0 saturated carbocycles. The maximum absolute atomic E-state index is 13.0. The number of aromatic nitrogens is 2. The summed E-state index contributed by atoms with van der Waals surface area (Å²) in [6.07, 6.45) is 0.951. The molecule has 0 bridgehead atoms. The Morgan fingerprint density at radius 2 is 1.90 bits per heavy atom. The van der Waals surface area contributed by atoms with Crippen molar-refractivity contribution in [2.75, 3.05) is 26.7 Å². The molecule has 1 unspecified atom stereocenters. The number of carbonyl (C=O) groups excluding carboxylic acids is 1. The van der Waals surface area contributed by atoms with Crippen molar-refractivity contribution in [1.82, 2.24) is 14.7 Å². The monoisotopic (exact) mass is 412 g/mol. The number of likely N-dealkylation sites (tertiary alicyclic amines) is 1. The van der Waals surface area contributed by atoms with Crippen LogP contribution in [0.2, 0.25) is 0 Å². The quantitative estimate of drug-likeness (QED) is 0.697. The second kappa shape index (κ2) is 9.11. The molecule has 1 amide bonds. The normalized spacial score (nSPS) is 15.8. The molecule has 2 aromatic carbocycles. The predicted molar refractivity (Wildman–Crippen MR) is 116 cm³/mol. The minimum atomic E-state index is -0.0413. The number of carbonyl (C=O) groups is 1. The van der Waals surface area contributed by atoms with Gasteiger partial charge in [-0.2, -0.15) is 5.10 Å². The largest absolute Gasteiger partial charge is 0.497 e. The number of hydrogen-bond donors (Lipinski definition) is 1. The lowest BCUT2D eigenvalue weighted by atomic mass is 10.1. The van der Waals surface area contributed by atoms with E-state index in [-0.39, 0.29) is 18.3 Å². The smallest absolute Gasteiger partial charge is 0.274 e. The molecule has 0 spiro atoms. The first-order chi connectivity index (χ1) is 13.7. The van der Waals surface area contributed by atoms with E-state index in [9.17, 15) is 4.79 Å². The van der Waals surface area contributed by atoms with Gasteiger partial charge in [0.2, 0.25) is 0 Å². The summed E-state index contributed by atoms with van der Waals surface area (Å²) < 4.78 is 7.08. The third kappa shape index (κ3) is 4.28. The van der Waals surface area contributed by atoms with Gasteiger partial charge in [-0.25, -0.2) is 4.68 Å². The molecule has 1 fully saturated rings. The zero-order valence-corrected chi connectivity index (χ0v) is 17.1. The van der Waals surface area contributed by atoms with Crippen molar-refractivity contribution in [3.05, 3.63) is 66.4 Å². The third-order valence-corrected chi connectivity index (χ3v) is 5.22. The fourth-order valence-electron chi connectivity index (χ4n) is 3.59. The van der Waals surface area contributed by atoms with Crippen molar-refractivity contribution < 1.29 is 9.53 Å². The van der Waals surface area contributed by atoms with Gasteiger partial charge in [-0.05, 0) is 61.3 Å². The van der Waals surface area contributed by atoms with E-state index in [2.05, 4.69) is 5.10 Å². The number of halogens is 1.